The summed E-state index contributed by atoms with van der Waals surface area (Å²) in [5.41, 5.74) is 3.34. The Morgan fingerprint density at radius 1 is 1.44 bits per heavy atom. The number of nitrogens with zero attached hydrogens (tertiary/aromatic N) is 1. The molecule has 1 rings (SSSR count). The summed E-state index contributed by atoms with van der Waals surface area (Å²) in [6, 6.07) is 3.21. The molecule has 2 N–H and O–H groups in total. The smallest absolute Gasteiger partial charge is 0.366 e. The van der Waals surface area contributed by atoms with Gasteiger partial charge in [0.2, 0.25) is 5.91 Å². The maximum atomic E-state index is 12.5. The largest absolute Gasteiger partial charge is 0.417 e. The number of carbonyl (C=O) groups is 1. The van der Waals surface area contributed by atoms with Gasteiger partial charge in [0.05, 0.1) is 22.8 Å². The van der Waals surface area contributed by atoms with E-state index in [9.17, 15) is 18.0 Å². The molecule has 0 heterocycles. The predicted octanol–water partition coefficient (Wildman–Crippen LogP) is 2.28. The Balaban J connectivity index is 3.53. The summed E-state index contributed by atoms with van der Waals surface area (Å²) in [5.74, 6) is -1.06. The monoisotopic (exact) mass is 340 g/mol. The van der Waals surface area contributed by atoms with Crippen LogP contribution in [0, 0.1) is 14.9 Å². The zero-order valence-corrected chi connectivity index (χ0v) is 9.76. The molecule has 7 heteroatoms. The van der Waals surface area contributed by atoms with Gasteiger partial charge < -0.3 is 5.73 Å². The van der Waals surface area contributed by atoms with Crippen molar-refractivity contribution in [1.82, 2.24) is 0 Å². The van der Waals surface area contributed by atoms with Gasteiger partial charge in [0, 0.05) is 3.57 Å². The summed E-state index contributed by atoms with van der Waals surface area (Å²) in [6.07, 6.45) is -4.57. The lowest BCUT2D eigenvalue weighted by atomic mass is 10.0. The van der Waals surface area contributed by atoms with Crippen LogP contribution in [0.3, 0.4) is 0 Å². The van der Waals surface area contributed by atoms with Crippen LogP contribution in [0.25, 0.3) is 0 Å². The van der Waals surface area contributed by atoms with Crippen molar-refractivity contribution in [2.45, 2.75) is 6.18 Å². The van der Waals surface area contributed by atoms with Crippen LogP contribution in [0.4, 0.5) is 13.2 Å². The van der Waals surface area contributed by atoms with E-state index in [1.54, 1.807) is 6.07 Å². The van der Waals surface area contributed by atoms with E-state index in [4.69, 9.17) is 11.0 Å². The lowest BCUT2D eigenvalue weighted by Gasteiger charge is -2.11. The average Bonchev–Trinajstić information content (AvgIpc) is 2.14. The van der Waals surface area contributed by atoms with E-state index in [1.807, 2.05) is 0 Å². The van der Waals surface area contributed by atoms with E-state index in [0.717, 1.165) is 6.07 Å². The Kier molecular flexibility index (Phi) is 3.42. The molecule has 0 aliphatic rings. The van der Waals surface area contributed by atoms with Gasteiger partial charge in [-0.1, -0.05) is 0 Å². The molecule has 1 amide bonds. The van der Waals surface area contributed by atoms with Crippen molar-refractivity contribution in [3.63, 3.8) is 0 Å². The maximum Gasteiger partial charge on any atom is 0.417 e. The molecule has 0 saturated heterocycles. The van der Waals surface area contributed by atoms with Gasteiger partial charge in [-0.05, 0) is 34.7 Å². The van der Waals surface area contributed by atoms with Gasteiger partial charge in [0.1, 0.15) is 0 Å². The van der Waals surface area contributed by atoms with Crippen LogP contribution >= 0.6 is 22.6 Å². The number of hydrogen-bond acceptors (Lipinski definition) is 2. The summed E-state index contributed by atoms with van der Waals surface area (Å²) in [6.45, 7) is 0. The number of primary amides is 1. The Morgan fingerprint density at radius 2 is 2.00 bits per heavy atom. The lowest BCUT2D eigenvalue weighted by molar-refractivity contribution is -0.138. The first-order valence-corrected chi connectivity index (χ1v) is 4.96. The standard InChI is InChI=1S/C9H4F3IN2O/c10-9(11,12)6-2-5(8(15)16)4(3-14)1-7(6)13/h1-2H,(H2,15,16). The van der Waals surface area contributed by atoms with Crippen molar-refractivity contribution in [3.8, 4) is 6.07 Å². The van der Waals surface area contributed by atoms with E-state index in [-0.39, 0.29) is 9.13 Å². The predicted molar refractivity (Wildman–Crippen MR) is 57.4 cm³/mol. The van der Waals surface area contributed by atoms with Crippen LogP contribution in [0.2, 0.25) is 0 Å². The first-order valence-electron chi connectivity index (χ1n) is 3.88. The summed E-state index contributed by atoms with van der Waals surface area (Å²) in [7, 11) is 0. The number of alkyl halides is 3. The number of halogens is 4. The fraction of sp³-hybridized carbons (Fsp3) is 0.111. The summed E-state index contributed by atoms with van der Waals surface area (Å²) < 4.78 is 37.3. The normalized spacial score (nSPS) is 10.9. The van der Waals surface area contributed by atoms with Gasteiger partial charge in [-0.2, -0.15) is 18.4 Å². The second kappa shape index (κ2) is 4.29. The highest BCUT2D eigenvalue weighted by Crippen LogP contribution is 2.34. The Hall–Kier alpha value is -1.30. The molecule has 0 spiro atoms. The van der Waals surface area contributed by atoms with Crippen LogP contribution in [0.15, 0.2) is 12.1 Å². The third kappa shape index (κ3) is 2.44. The summed E-state index contributed by atoms with van der Waals surface area (Å²) >= 11 is 1.45. The minimum absolute atomic E-state index is 0.147. The average molecular weight is 340 g/mol. The Morgan fingerprint density at radius 3 is 2.38 bits per heavy atom. The van der Waals surface area contributed by atoms with E-state index in [0.29, 0.717) is 6.07 Å². The highest BCUT2D eigenvalue weighted by atomic mass is 127. The third-order valence-electron chi connectivity index (χ3n) is 1.80. The molecule has 16 heavy (non-hydrogen) atoms. The molecule has 0 fully saturated rings. The van der Waals surface area contributed by atoms with Gasteiger partial charge in [-0.25, -0.2) is 0 Å². The highest BCUT2D eigenvalue weighted by Gasteiger charge is 2.34. The van der Waals surface area contributed by atoms with Crippen LogP contribution in [-0.2, 0) is 6.18 Å². The van der Waals surface area contributed by atoms with E-state index >= 15 is 0 Å². The maximum absolute atomic E-state index is 12.5. The molecule has 3 nitrogen and oxygen atoms in total. The third-order valence-corrected chi connectivity index (χ3v) is 2.69. The molecular formula is C9H4F3IN2O. The number of nitrogens with two attached hydrogens (primary N) is 1. The lowest BCUT2D eigenvalue weighted by Crippen LogP contribution is -2.16. The molecule has 0 bridgehead atoms. The molecule has 0 aliphatic heterocycles. The summed E-state index contributed by atoms with van der Waals surface area (Å²) in [4.78, 5) is 10.9. The molecule has 0 aromatic heterocycles. The zero-order valence-electron chi connectivity index (χ0n) is 7.60. The first-order chi connectivity index (χ1) is 7.27. The van der Waals surface area contributed by atoms with Crippen molar-refractivity contribution in [2.75, 3.05) is 0 Å². The number of rotatable bonds is 1. The molecule has 1 aromatic carbocycles. The zero-order chi connectivity index (χ0) is 12.5. The number of nitriles is 1. The molecule has 84 valence electrons. The van der Waals surface area contributed by atoms with Crippen molar-refractivity contribution in [1.29, 1.82) is 5.26 Å². The highest BCUT2D eigenvalue weighted by molar-refractivity contribution is 14.1. The molecule has 0 atom stereocenters. The fourth-order valence-corrected chi connectivity index (χ4v) is 1.86. The van der Waals surface area contributed by atoms with Gasteiger partial charge >= 0.3 is 6.18 Å². The van der Waals surface area contributed by atoms with E-state index in [1.165, 1.54) is 22.6 Å². The number of hydrogen-bond donors (Lipinski definition) is 1. The number of amides is 1. The molecule has 0 aliphatic carbocycles. The van der Waals surface area contributed by atoms with E-state index < -0.39 is 23.2 Å². The molecule has 1 aromatic rings. The van der Waals surface area contributed by atoms with Crippen molar-refractivity contribution in [3.05, 3.63) is 32.4 Å². The minimum atomic E-state index is -4.57. The number of benzene rings is 1. The first kappa shape index (κ1) is 12.8. The number of carbonyl (C=O) groups excluding carboxylic acids is 1. The quantitative estimate of drug-likeness (QED) is 0.797. The van der Waals surface area contributed by atoms with Crippen molar-refractivity contribution >= 4 is 28.5 Å². The topological polar surface area (TPSA) is 66.9 Å². The Labute approximate surface area is 102 Å². The second-order valence-corrected chi connectivity index (χ2v) is 4.01. The minimum Gasteiger partial charge on any atom is -0.366 e. The van der Waals surface area contributed by atoms with Crippen LogP contribution in [0.5, 0.6) is 0 Å². The Bertz CT molecular complexity index is 491. The van der Waals surface area contributed by atoms with Crippen molar-refractivity contribution < 1.29 is 18.0 Å². The SMILES string of the molecule is N#Cc1cc(I)c(C(F)(F)F)cc1C(N)=O. The van der Waals surface area contributed by atoms with Gasteiger partial charge in [-0.15, -0.1) is 0 Å². The molecule has 0 radical (unpaired) electrons. The van der Waals surface area contributed by atoms with Gasteiger partial charge in [0.15, 0.2) is 0 Å². The second-order valence-electron chi connectivity index (χ2n) is 2.85. The van der Waals surface area contributed by atoms with Crippen molar-refractivity contribution in [2.24, 2.45) is 5.73 Å². The van der Waals surface area contributed by atoms with Crippen LogP contribution in [-0.4, -0.2) is 5.91 Å². The molecule has 0 unspecified atom stereocenters. The van der Waals surface area contributed by atoms with Crippen LogP contribution < -0.4 is 5.73 Å². The summed E-state index contributed by atoms with van der Waals surface area (Å²) in [5, 5.41) is 8.64. The van der Waals surface area contributed by atoms with Crippen LogP contribution in [0.1, 0.15) is 21.5 Å². The van der Waals surface area contributed by atoms with Gasteiger partial charge in [0.25, 0.3) is 0 Å². The van der Waals surface area contributed by atoms with E-state index in [2.05, 4.69) is 0 Å². The molecular weight excluding hydrogens is 336 g/mol. The fourth-order valence-electron chi connectivity index (χ4n) is 1.09. The van der Waals surface area contributed by atoms with Gasteiger partial charge in [-0.3, -0.25) is 4.79 Å². The molecule has 0 saturated carbocycles.